The standard InChI is InChI=1S/C12H22N2O3S/c1-14(10-4-7-18(16,17)8-10)11(15)12(9-13)5-2-3-6-12/h10H,2-9,13H2,1H3. The molecule has 2 rings (SSSR count). The normalized spacial score (nSPS) is 29.3. The zero-order valence-corrected chi connectivity index (χ0v) is 11.7. The van der Waals surface area contributed by atoms with Gasteiger partial charge in [0, 0.05) is 19.6 Å². The zero-order chi connectivity index (χ0) is 13.4. The third-order valence-corrected chi connectivity index (χ3v) is 6.23. The molecule has 0 aromatic rings. The van der Waals surface area contributed by atoms with Gasteiger partial charge < -0.3 is 10.6 Å². The molecule has 2 N–H and O–H groups in total. The fourth-order valence-corrected chi connectivity index (χ4v) is 4.95. The molecule has 2 aliphatic rings. The molecule has 1 saturated heterocycles. The minimum Gasteiger partial charge on any atom is -0.341 e. The van der Waals surface area contributed by atoms with Gasteiger partial charge >= 0.3 is 0 Å². The molecule has 0 aromatic carbocycles. The van der Waals surface area contributed by atoms with Crippen LogP contribution >= 0.6 is 0 Å². The van der Waals surface area contributed by atoms with Crippen LogP contribution in [0.5, 0.6) is 0 Å². The van der Waals surface area contributed by atoms with Gasteiger partial charge in [-0.05, 0) is 19.3 Å². The molecule has 1 unspecified atom stereocenters. The second-order valence-corrected chi connectivity index (χ2v) is 7.89. The third-order valence-electron chi connectivity index (χ3n) is 4.48. The summed E-state index contributed by atoms with van der Waals surface area (Å²) in [6.07, 6.45) is 4.32. The van der Waals surface area contributed by atoms with Crippen LogP contribution in [-0.2, 0) is 14.6 Å². The number of sulfone groups is 1. The van der Waals surface area contributed by atoms with Crippen LogP contribution in [0.3, 0.4) is 0 Å². The van der Waals surface area contributed by atoms with Gasteiger partial charge in [-0.15, -0.1) is 0 Å². The van der Waals surface area contributed by atoms with Crippen molar-refractivity contribution in [1.82, 2.24) is 4.90 Å². The van der Waals surface area contributed by atoms with Crippen LogP contribution in [0.2, 0.25) is 0 Å². The lowest BCUT2D eigenvalue weighted by atomic mass is 9.84. The average molecular weight is 274 g/mol. The molecule has 1 aliphatic carbocycles. The van der Waals surface area contributed by atoms with Crippen LogP contribution in [0.1, 0.15) is 32.1 Å². The van der Waals surface area contributed by atoms with Crippen molar-refractivity contribution >= 4 is 15.7 Å². The molecule has 18 heavy (non-hydrogen) atoms. The monoisotopic (exact) mass is 274 g/mol. The van der Waals surface area contributed by atoms with E-state index in [1.807, 2.05) is 0 Å². The number of nitrogens with two attached hydrogens (primary N) is 1. The molecule has 0 aromatic heterocycles. The molecule has 1 heterocycles. The second-order valence-electron chi connectivity index (χ2n) is 5.66. The number of amides is 1. The first-order chi connectivity index (χ1) is 8.40. The van der Waals surface area contributed by atoms with Gasteiger partial charge in [0.25, 0.3) is 0 Å². The van der Waals surface area contributed by atoms with E-state index in [9.17, 15) is 13.2 Å². The van der Waals surface area contributed by atoms with E-state index in [0.717, 1.165) is 25.7 Å². The zero-order valence-electron chi connectivity index (χ0n) is 10.9. The minimum atomic E-state index is -2.95. The Kier molecular flexibility index (Phi) is 3.69. The summed E-state index contributed by atoms with van der Waals surface area (Å²) in [4.78, 5) is 14.2. The highest BCUT2D eigenvalue weighted by Gasteiger charge is 2.44. The van der Waals surface area contributed by atoms with E-state index in [1.165, 1.54) is 0 Å². The Labute approximate surface area is 109 Å². The third kappa shape index (κ3) is 2.40. The van der Waals surface area contributed by atoms with Gasteiger partial charge in [0.05, 0.1) is 16.9 Å². The van der Waals surface area contributed by atoms with E-state index in [2.05, 4.69) is 0 Å². The Bertz CT molecular complexity index is 427. The molecule has 1 saturated carbocycles. The van der Waals surface area contributed by atoms with Crippen molar-refractivity contribution in [3.8, 4) is 0 Å². The molecule has 0 bridgehead atoms. The summed E-state index contributed by atoms with van der Waals surface area (Å²) in [5, 5.41) is 0. The summed E-state index contributed by atoms with van der Waals surface area (Å²) in [5.41, 5.74) is 5.36. The Balaban J connectivity index is 2.09. The predicted molar refractivity (Wildman–Crippen MR) is 69.8 cm³/mol. The van der Waals surface area contributed by atoms with Crippen LogP contribution in [-0.4, -0.2) is 50.4 Å². The second kappa shape index (κ2) is 4.81. The maximum atomic E-state index is 12.5. The molecule has 0 radical (unpaired) electrons. The van der Waals surface area contributed by atoms with Crippen molar-refractivity contribution in [3.63, 3.8) is 0 Å². The van der Waals surface area contributed by atoms with Crippen molar-refractivity contribution in [2.45, 2.75) is 38.1 Å². The molecule has 2 fully saturated rings. The van der Waals surface area contributed by atoms with Gasteiger partial charge in [0.1, 0.15) is 0 Å². The van der Waals surface area contributed by atoms with Gasteiger partial charge in [-0.25, -0.2) is 8.42 Å². The SMILES string of the molecule is CN(C(=O)C1(CN)CCCC1)C1CCS(=O)(=O)C1. The highest BCUT2D eigenvalue weighted by molar-refractivity contribution is 7.91. The number of hydrogen-bond donors (Lipinski definition) is 1. The Morgan fingerprint density at radius 1 is 1.39 bits per heavy atom. The van der Waals surface area contributed by atoms with Gasteiger partial charge in [-0.3, -0.25) is 4.79 Å². The summed E-state index contributed by atoms with van der Waals surface area (Å²) >= 11 is 0. The van der Waals surface area contributed by atoms with Crippen LogP contribution in [0.4, 0.5) is 0 Å². The van der Waals surface area contributed by atoms with Crippen molar-refractivity contribution in [1.29, 1.82) is 0 Å². The smallest absolute Gasteiger partial charge is 0.230 e. The minimum absolute atomic E-state index is 0.0459. The molecular weight excluding hydrogens is 252 g/mol. The van der Waals surface area contributed by atoms with Crippen molar-refractivity contribution in [2.75, 3.05) is 25.1 Å². The summed E-state index contributed by atoms with van der Waals surface area (Å²) in [5.74, 6) is 0.352. The molecular formula is C12H22N2O3S. The van der Waals surface area contributed by atoms with Gasteiger partial charge in [0.15, 0.2) is 9.84 Å². The maximum absolute atomic E-state index is 12.5. The molecule has 5 nitrogen and oxygen atoms in total. The fraction of sp³-hybridized carbons (Fsp3) is 0.917. The topological polar surface area (TPSA) is 80.5 Å². The van der Waals surface area contributed by atoms with Crippen LogP contribution in [0.25, 0.3) is 0 Å². The predicted octanol–water partition coefficient (Wildman–Crippen LogP) is 0.151. The van der Waals surface area contributed by atoms with E-state index in [-0.39, 0.29) is 23.5 Å². The first-order valence-electron chi connectivity index (χ1n) is 6.58. The first-order valence-corrected chi connectivity index (χ1v) is 8.40. The quantitative estimate of drug-likeness (QED) is 0.794. The highest BCUT2D eigenvalue weighted by Crippen LogP contribution is 2.39. The lowest BCUT2D eigenvalue weighted by Gasteiger charge is -2.34. The molecule has 6 heteroatoms. The first kappa shape index (κ1) is 13.8. The average Bonchev–Trinajstić information content (AvgIpc) is 2.94. The van der Waals surface area contributed by atoms with Gasteiger partial charge in [-0.2, -0.15) is 0 Å². The van der Waals surface area contributed by atoms with E-state index in [4.69, 9.17) is 5.73 Å². The molecule has 104 valence electrons. The number of nitrogens with zero attached hydrogens (tertiary/aromatic N) is 1. The van der Waals surface area contributed by atoms with E-state index < -0.39 is 15.3 Å². The van der Waals surface area contributed by atoms with E-state index in [1.54, 1.807) is 11.9 Å². The summed E-state index contributed by atoms with van der Waals surface area (Å²) < 4.78 is 23.0. The van der Waals surface area contributed by atoms with E-state index >= 15 is 0 Å². The van der Waals surface area contributed by atoms with E-state index in [0.29, 0.717) is 13.0 Å². The molecule has 1 atom stereocenters. The maximum Gasteiger partial charge on any atom is 0.230 e. The van der Waals surface area contributed by atoms with Gasteiger partial charge in [0.2, 0.25) is 5.91 Å². The Morgan fingerprint density at radius 3 is 2.44 bits per heavy atom. The van der Waals surface area contributed by atoms with Crippen LogP contribution in [0.15, 0.2) is 0 Å². The summed E-state index contributed by atoms with van der Waals surface area (Å²) in [6.45, 7) is 0.371. The largest absolute Gasteiger partial charge is 0.341 e. The van der Waals surface area contributed by atoms with Crippen molar-refractivity contribution in [2.24, 2.45) is 11.1 Å². The van der Waals surface area contributed by atoms with Crippen LogP contribution in [0, 0.1) is 5.41 Å². The Morgan fingerprint density at radius 2 is 2.00 bits per heavy atom. The summed E-state index contributed by atoms with van der Waals surface area (Å²) in [7, 11) is -1.22. The number of carbonyl (C=O) groups is 1. The lowest BCUT2D eigenvalue weighted by Crippen LogP contribution is -2.49. The fourth-order valence-electron chi connectivity index (χ4n) is 3.18. The molecule has 0 spiro atoms. The molecule has 1 aliphatic heterocycles. The number of carbonyl (C=O) groups excluding carboxylic acids is 1. The highest BCUT2D eigenvalue weighted by atomic mass is 32.2. The Hall–Kier alpha value is -0.620. The van der Waals surface area contributed by atoms with Crippen molar-refractivity contribution < 1.29 is 13.2 Å². The van der Waals surface area contributed by atoms with Gasteiger partial charge in [-0.1, -0.05) is 12.8 Å². The lowest BCUT2D eigenvalue weighted by molar-refractivity contribution is -0.141. The number of hydrogen-bond acceptors (Lipinski definition) is 4. The summed E-state index contributed by atoms with van der Waals surface area (Å²) in [6, 6.07) is -0.161. The molecule has 1 amide bonds. The van der Waals surface area contributed by atoms with Crippen molar-refractivity contribution in [3.05, 3.63) is 0 Å². The number of rotatable bonds is 3. The van der Waals surface area contributed by atoms with Crippen LogP contribution < -0.4 is 5.73 Å².